The Bertz CT molecular complexity index is 222. The van der Waals surface area contributed by atoms with E-state index >= 15 is 0 Å². The maximum absolute atomic E-state index is 6.25. The molecule has 0 saturated heterocycles. The topological polar surface area (TPSA) is 44.5 Å². The van der Waals surface area contributed by atoms with E-state index in [1.807, 2.05) is 6.92 Å². The van der Waals surface area contributed by atoms with Crippen molar-refractivity contribution in [2.75, 3.05) is 13.2 Å². The van der Waals surface area contributed by atoms with Gasteiger partial charge in [0.1, 0.15) is 5.76 Å². The van der Waals surface area contributed by atoms with Crippen LogP contribution >= 0.6 is 0 Å². The number of ether oxygens (including phenoxy) is 2. The highest BCUT2D eigenvalue weighted by Crippen LogP contribution is 2.30. The number of nitrogens with two attached hydrogens (primary N) is 1. The molecule has 1 heterocycles. The Morgan fingerprint density at radius 1 is 1.47 bits per heavy atom. The molecule has 0 saturated carbocycles. The van der Waals surface area contributed by atoms with Crippen LogP contribution in [-0.4, -0.2) is 24.9 Å². The lowest BCUT2D eigenvalue weighted by molar-refractivity contribution is -0.0645. The van der Waals surface area contributed by atoms with E-state index in [9.17, 15) is 0 Å². The molecular formula is C12H23NO2. The summed E-state index contributed by atoms with van der Waals surface area (Å²) in [5.41, 5.74) is 5.99. The van der Waals surface area contributed by atoms with Crippen molar-refractivity contribution >= 4 is 0 Å². The summed E-state index contributed by atoms with van der Waals surface area (Å²) in [6, 6.07) is -0.130. The van der Waals surface area contributed by atoms with Crippen molar-refractivity contribution < 1.29 is 9.47 Å². The van der Waals surface area contributed by atoms with Crippen molar-refractivity contribution in [3.63, 3.8) is 0 Å². The lowest BCUT2D eigenvalue weighted by Crippen LogP contribution is -2.50. The van der Waals surface area contributed by atoms with Crippen LogP contribution in [0.5, 0.6) is 0 Å². The summed E-state index contributed by atoms with van der Waals surface area (Å²) in [5, 5.41) is 0. The van der Waals surface area contributed by atoms with Crippen molar-refractivity contribution in [3.05, 3.63) is 11.8 Å². The molecule has 0 aromatic rings. The van der Waals surface area contributed by atoms with Crippen LogP contribution in [0.2, 0.25) is 0 Å². The lowest BCUT2D eigenvalue weighted by atomic mass is 9.87. The molecule has 0 aromatic heterocycles. The first-order valence-electron chi connectivity index (χ1n) is 5.92. The molecule has 2 N–H and O–H groups in total. The summed E-state index contributed by atoms with van der Waals surface area (Å²) in [5.74, 6) is 0.909. The summed E-state index contributed by atoms with van der Waals surface area (Å²) in [6.07, 6.45) is 4.89. The molecule has 1 aliphatic heterocycles. The predicted octanol–water partition coefficient (Wildman–Crippen LogP) is 2.21. The third kappa shape index (κ3) is 2.52. The largest absolute Gasteiger partial charge is 0.496 e. The summed E-state index contributed by atoms with van der Waals surface area (Å²) < 4.78 is 11.4. The molecular weight excluding hydrogens is 190 g/mol. The van der Waals surface area contributed by atoms with Gasteiger partial charge in [-0.3, -0.25) is 0 Å². The molecule has 15 heavy (non-hydrogen) atoms. The maximum Gasteiger partial charge on any atom is 0.112 e. The van der Waals surface area contributed by atoms with E-state index in [0.717, 1.165) is 31.6 Å². The average Bonchev–Trinajstić information content (AvgIpc) is 2.78. The van der Waals surface area contributed by atoms with Gasteiger partial charge in [-0.25, -0.2) is 0 Å². The maximum atomic E-state index is 6.25. The van der Waals surface area contributed by atoms with Crippen LogP contribution in [-0.2, 0) is 9.47 Å². The van der Waals surface area contributed by atoms with Crippen LogP contribution in [0, 0.1) is 0 Å². The minimum atomic E-state index is -0.259. The van der Waals surface area contributed by atoms with Crippen molar-refractivity contribution in [1.29, 1.82) is 0 Å². The molecule has 0 fully saturated rings. The van der Waals surface area contributed by atoms with Crippen molar-refractivity contribution in [2.45, 2.75) is 51.7 Å². The molecule has 88 valence electrons. The molecule has 0 radical (unpaired) electrons. The highest BCUT2D eigenvalue weighted by molar-refractivity contribution is 5.13. The van der Waals surface area contributed by atoms with E-state index in [0.29, 0.717) is 6.61 Å². The fourth-order valence-electron chi connectivity index (χ4n) is 2.18. The fourth-order valence-corrected chi connectivity index (χ4v) is 2.18. The Morgan fingerprint density at radius 2 is 2.13 bits per heavy atom. The summed E-state index contributed by atoms with van der Waals surface area (Å²) in [4.78, 5) is 0. The van der Waals surface area contributed by atoms with Gasteiger partial charge in [0.05, 0.1) is 18.2 Å². The van der Waals surface area contributed by atoms with E-state index < -0.39 is 0 Å². The lowest BCUT2D eigenvalue weighted by Gasteiger charge is -2.37. The Balaban J connectivity index is 2.77. The van der Waals surface area contributed by atoms with Crippen molar-refractivity contribution in [2.24, 2.45) is 5.73 Å². The van der Waals surface area contributed by atoms with Crippen molar-refractivity contribution in [1.82, 2.24) is 0 Å². The first-order valence-corrected chi connectivity index (χ1v) is 5.92. The van der Waals surface area contributed by atoms with Gasteiger partial charge in [-0.15, -0.1) is 0 Å². The summed E-state index contributed by atoms with van der Waals surface area (Å²) in [7, 11) is 0. The molecule has 3 heteroatoms. The molecule has 1 unspecified atom stereocenters. The standard InChI is InChI=1S/C12H23NO2/c1-4-12(5-2,15-6-3)11(13)10-8-7-9-14-10/h8,11H,4-7,9,13H2,1-3H3. The van der Waals surface area contributed by atoms with Crippen LogP contribution in [0.15, 0.2) is 11.8 Å². The zero-order valence-corrected chi connectivity index (χ0v) is 10.1. The number of hydrogen-bond acceptors (Lipinski definition) is 3. The van der Waals surface area contributed by atoms with E-state index in [1.165, 1.54) is 0 Å². The van der Waals surface area contributed by atoms with E-state index in [4.69, 9.17) is 15.2 Å². The Kier molecular flexibility index (Phi) is 4.61. The number of hydrogen-bond donors (Lipinski definition) is 1. The molecule has 3 nitrogen and oxygen atoms in total. The molecule has 1 aliphatic rings. The molecule has 0 aromatic carbocycles. The van der Waals surface area contributed by atoms with Gasteiger partial charge >= 0.3 is 0 Å². The van der Waals surface area contributed by atoms with Crippen LogP contribution in [0.1, 0.15) is 40.0 Å². The SMILES string of the molecule is CCOC(CC)(CC)C(N)C1=CCCO1. The fraction of sp³-hybridized carbons (Fsp3) is 0.833. The van der Waals surface area contributed by atoms with Gasteiger partial charge in [0, 0.05) is 13.0 Å². The Hall–Kier alpha value is -0.540. The van der Waals surface area contributed by atoms with Crippen molar-refractivity contribution in [3.8, 4) is 0 Å². The van der Waals surface area contributed by atoms with E-state index in [-0.39, 0.29) is 11.6 Å². The van der Waals surface area contributed by atoms with Crippen LogP contribution in [0.4, 0.5) is 0 Å². The molecule has 0 aliphatic carbocycles. The van der Waals surface area contributed by atoms with Crippen LogP contribution in [0.3, 0.4) is 0 Å². The van der Waals surface area contributed by atoms with Gasteiger partial charge in [-0.1, -0.05) is 13.8 Å². The Labute approximate surface area is 92.6 Å². The second-order valence-electron chi connectivity index (χ2n) is 3.93. The smallest absolute Gasteiger partial charge is 0.112 e. The highest BCUT2D eigenvalue weighted by Gasteiger charge is 2.37. The molecule has 0 spiro atoms. The Morgan fingerprint density at radius 3 is 2.53 bits per heavy atom. The third-order valence-corrected chi connectivity index (χ3v) is 3.23. The quantitative estimate of drug-likeness (QED) is 0.735. The van der Waals surface area contributed by atoms with Gasteiger partial charge in [-0.05, 0) is 25.8 Å². The minimum absolute atomic E-state index is 0.130. The molecule has 1 rings (SSSR count). The highest BCUT2D eigenvalue weighted by atomic mass is 16.5. The summed E-state index contributed by atoms with van der Waals surface area (Å²) in [6.45, 7) is 7.71. The second kappa shape index (κ2) is 5.52. The van der Waals surface area contributed by atoms with E-state index in [2.05, 4.69) is 19.9 Å². The zero-order chi connectivity index (χ0) is 11.3. The molecule has 1 atom stereocenters. The zero-order valence-electron chi connectivity index (χ0n) is 10.1. The summed E-state index contributed by atoms with van der Waals surface area (Å²) >= 11 is 0. The predicted molar refractivity (Wildman–Crippen MR) is 61.6 cm³/mol. The first-order chi connectivity index (χ1) is 7.20. The van der Waals surface area contributed by atoms with Gasteiger partial charge in [0.15, 0.2) is 0 Å². The third-order valence-electron chi connectivity index (χ3n) is 3.23. The minimum Gasteiger partial charge on any atom is -0.496 e. The second-order valence-corrected chi connectivity index (χ2v) is 3.93. The van der Waals surface area contributed by atoms with Gasteiger partial charge < -0.3 is 15.2 Å². The van der Waals surface area contributed by atoms with Gasteiger partial charge in [-0.2, -0.15) is 0 Å². The molecule has 0 amide bonds. The van der Waals surface area contributed by atoms with E-state index in [1.54, 1.807) is 0 Å². The monoisotopic (exact) mass is 213 g/mol. The van der Waals surface area contributed by atoms with Crippen LogP contribution < -0.4 is 5.73 Å². The molecule has 0 bridgehead atoms. The van der Waals surface area contributed by atoms with Crippen LogP contribution in [0.25, 0.3) is 0 Å². The average molecular weight is 213 g/mol. The number of rotatable bonds is 6. The van der Waals surface area contributed by atoms with Gasteiger partial charge in [0.2, 0.25) is 0 Å². The first kappa shape index (κ1) is 12.5. The van der Waals surface area contributed by atoms with Gasteiger partial charge in [0.25, 0.3) is 0 Å². The normalized spacial score (nSPS) is 18.5.